The lowest BCUT2D eigenvalue weighted by Crippen LogP contribution is -2.47. The Kier molecular flexibility index (Phi) is 3.96. The van der Waals surface area contributed by atoms with Gasteiger partial charge in [-0.1, -0.05) is 23.7 Å². The Morgan fingerprint density at radius 1 is 1.21 bits per heavy atom. The number of para-hydroxylation sites is 1. The average molecular weight is 280 g/mol. The molecular weight excluding hydrogens is 258 g/mol. The first-order chi connectivity index (χ1) is 9.29. The number of benzene rings is 1. The minimum atomic E-state index is 0.874. The lowest BCUT2D eigenvalue weighted by molar-refractivity contribution is 0.248. The third-order valence-corrected chi connectivity index (χ3v) is 4.44. The highest BCUT2D eigenvalue weighted by molar-refractivity contribution is 6.33. The normalized spacial score (nSPS) is 20.8. The van der Waals surface area contributed by atoms with Gasteiger partial charge < -0.3 is 10.2 Å². The summed E-state index contributed by atoms with van der Waals surface area (Å²) in [6.45, 7) is 5.41. The first kappa shape index (κ1) is 13.2. The number of hydrogen-bond donors (Lipinski definition) is 1. The largest absolute Gasteiger partial charge is 0.367 e. The molecule has 1 saturated heterocycles. The molecular formula is C15H22ClN3. The van der Waals surface area contributed by atoms with E-state index in [0.717, 1.165) is 30.7 Å². The highest BCUT2D eigenvalue weighted by atomic mass is 35.5. The lowest BCUT2D eigenvalue weighted by atomic mass is 10.1. The van der Waals surface area contributed by atoms with Gasteiger partial charge in [-0.25, -0.2) is 0 Å². The van der Waals surface area contributed by atoms with E-state index in [1.807, 2.05) is 19.2 Å². The van der Waals surface area contributed by atoms with Crippen LogP contribution in [0, 0.1) is 0 Å². The first-order valence-electron chi connectivity index (χ1n) is 7.20. The minimum Gasteiger partial charge on any atom is -0.367 e. The van der Waals surface area contributed by atoms with Gasteiger partial charge in [0.25, 0.3) is 0 Å². The highest BCUT2D eigenvalue weighted by Crippen LogP contribution is 2.33. The molecule has 1 heterocycles. The second kappa shape index (κ2) is 5.70. The van der Waals surface area contributed by atoms with Crippen LogP contribution >= 0.6 is 11.6 Å². The standard InChI is InChI=1S/C15H22ClN3/c1-17-11-12-3-2-4-14(16)15(12)19-9-7-18(8-10-19)13-5-6-13/h2-4,13,17H,5-11H2,1H3. The smallest absolute Gasteiger partial charge is 0.0642 e. The van der Waals surface area contributed by atoms with Gasteiger partial charge in [0, 0.05) is 38.8 Å². The minimum absolute atomic E-state index is 0.874. The number of hydrogen-bond acceptors (Lipinski definition) is 3. The van der Waals surface area contributed by atoms with E-state index in [1.54, 1.807) is 0 Å². The first-order valence-corrected chi connectivity index (χ1v) is 7.58. The number of halogens is 1. The van der Waals surface area contributed by atoms with Crippen molar-refractivity contribution in [2.75, 3.05) is 38.1 Å². The summed E-state index contributed by atoms with van der Waals surface area (Å²) >= 11 is 6.43. The zero-order valence-electron chi connectivity index (χ0n) is 11.5. The number of rotatable bonds is 4. The van der Waals surface area contributed by atoms with Crippen molar-refractivity contribution >= 4 is 17.3 Å². The Morgan fingerprint density at radius 2 is 1.95 bits per heavy atom. The van der Waals surface area contributed by atoms with Gasteiger partial charge in [0.15, 0.2) is 0 Å². The molecule has 2 aliphatic rings. The van der Waals surface area contributed by atoms with E-state index in [-0.39, 0.29) is 0 Å². The number of anilines is 1. The van der Waals surface area contributed by atoms with Crippen molar-refractivity contribution in [2.24, 2.45) is 0 Å². The fourth-order valence-corrected chi connectivity index (χ4v) is 3.31. The summed E-state index contributed by atoms with van der Waals surface area (Å²) in [5, 5.41) is 4.11. The van der Waals surface area contributed by atoms with E-state index in [2.05, 4.69) is 21.2 Å². The molecule has 104 valence electrons. The fraction of sp³-hybridized carbons (Fsp3) is 0.600. The molecule has 0 bridgehead atoms. The molecule has 1 N–H and O–H groups in total. The zero-order valence-corrected chi connectivity index (χ0v) is 12.3. The predicted molar refractivity (Wildman–Crippen MR) is 81.0 cm³/mol. The van der Waals surface area contributed by atoms with Crippen molar-refractivity contribution in [2.45, 2.75) is 25.4 Å². The zero-order chi connectivity index (χ0) is 13.2. The van der Waals surface area contributed by atoms with Crippen LogP contribution in [0.2, 0.25) is 5.02 Å². The fourth-order valence-electron chi connectivity index (χ4n) is 3.00. The van der Waals surface area contributed by atoms with Crippen molar-refractivity contribution in [3.8, 4) is 0 Å². The Balaban J connectivity index is 1.74. The summed E-state index contributed by atoms with van der Waals surface area (Å²) in [6, 6.07) is 7.10. The summed E-state index contributed by atoms with van der Waals surface area (Å²) in [5.41, 5.74) is 2.53. The van der Waals surface area contributed by atoms with E-state index >= 15 is 0 Å². The summed E-state index contributed by atoms with van der Waals surface area (Å²) in [7, 11) is 1.98. The van der Waals surface area contributed by atoms with Gasteiger partial charge in [-0.05, 0) is 31.5 Å². The van der Waals surface area contributed by atoms with Gasteiger partial charge in [-0.3, -0.25) is 4.90 Å². The van der Waals surface area contributed by atoms with Crippen molar-refractivity contribution in [3.63, 3.8) is 0 Å². The predicted octanol–water partition coefficient (Wildman–Crippen LogP) is 2.34. The Hall–Kier alpha value is -0.770. The molecule has 3 rings (SSSR count). The second-order valence-electron chi connectivity index (χ2n) is 5.53. The molecule has 1 saturated carbocycles. The summed E-state index contributed by atoms with van der Waals surface area (Å²) in [6.07, 6.45) is 2.80. The maximum atomic E-state index is 6.43. The molecule has 4 heteroatoms. The van der Waals surface area contributed by atoms with Crippen LogP contribution in [-0.4, -0.2) is 44.2 Å². The maximum Gasteiger partial charge on any atom is 0.0642 e. The average Bonchev–Trinajstić information content (AvgIpc) is 3.24. The van der Waals surface area contributed by atoms with E-state index < -0.39 is 0 Å². The summed E-state index contributed by atoms with van der Waals surface area (Å²) in [4.78, 5) is 5.08. The molecule has 1 aliphatic carbocycles. The Labute approximate surface area is 120 Å². The molecule has 2 fully saturated rings. The molecule has 1 aliphatic heterocycles. The van der Waals surface area contributed by atoms with Crippen molar-refractivity contribution in [1.82, 2.24) is 10.2 Å². The molecule has 19 heavy (non-hydrogen) atoms. The molecule has 3 nitrogen and oxygen atoms in total. The highest BCUT2D eigenvalue weighted by Gasteiger charge is 2.31. The van der Waals surface area contributed by atoms with Crippen LogP contribution < -0.4 is 10.2 Å². The molecule has 1 aromatic rings. The van der Waals surface area contributed by atoms with Crippen LogP contribution in [0.25, 0.3) is 0 Å². The van der Waals surface area contributed by atoms with Crippen LogP contribution in [0.15, 0.2) is 18.2 Å². The van der Waals surface area contributed by atoms with Gasteiger partial charge in [0.1, 0.15) is 0 Å². The number of nitrogens with zero attached hydrogens (tertiary/aromatic N) is 2. The summed E-state index contributed by atoms with van der Waals surface area (Å²) < 4.78 is 0. The monoisotopic (exact) mass is 279 g/mol. The lowest BCUT2D eigenvalue weighted by Gasteiger charge is -2.37. The van der Waals surface area contributed by atoms with Gasteiger partial charge in [0.2, 0.25) is 0 Å². The van der Waals surface area contributed by atoms with Crippen LogP contribution in [0.1, 0.15) is 18.4 Å². The van der Waals surface area contributed by atoms with Crippen LogP contribution in [0.5, 0.6) is 0 Å². The van der Waals surface area contributed by atoms with E-state index in [9.17, 15) is 0 Å². The third-order valence-electron chi connectivity index (χ3n) is 4.13. The molecule has 0 radical (unpaired) electrons. The van der Waals surface area contributed by atoms with Crippen molar-refractivity contribution in [1.29, 1.82) is 0 Å². The molecule has 0 amide bonds. The molecule has 1 aromatic carbocycles. The van der Waals surface area contributed by atoms with Gasteiger partial charge in [-0.15, -0.1) is 0 Å². The van der Waals surface area contributed by atoms with E-state index in [1.165, 1.54) is 37.2 Å². The van der Waals surface area contributed by atoms with Gasteiger partial charge >= 0.3 is 0 Å². The van der Waals surface area contributed by atoms with Crippen molar-refractivity contribution in [3.05, 3.63) is 28.8 Å². The second-order valence-corrected chi connectivity index (χ2v) is 5.94. The van der Waals surface area contributed by atoms with Crippen molar-refractivity contribution < 1.29 is 0 Å². The van der Waals surface area contributed by atoms with E-state index in [4.69, 9.17) is 11.6 Å². The van der Waals surface area contributed by atoms with Gasteiger partial charge in [0.05, 0.1) is 10.7 Å². The molecule has 0 spiro atoms. The number of nitrogens with one attached hydrogen (secondary N) is 1. The van der Waals surface area contributed by atoms with Crippen LogP contribution in [-0.2, 0) is 6.54 Å². The molecule has 0 atom stereocenters. The van der Waals surface area contributed by atoms with E-state index in [0.29, 0.717) is 0 Å². The maximum absolute atomic E-state index is 6.43. The summed E-state index contributed by atoms with van der Waals surface area (Å²) in [5.74, 6) is 0. The Morgan fingerprint density at radius 3 is 2.58 bits per heavy atom. The topological polar surface area (TPSA) is 18.5 Å². The molecule has 0 unspecified atom stereocenters. The Bertz CT molecular complexity index is 437. The SMILES string of the molecule is CNCc1cccc(Cl)c1N1CCN(C2CC2)CC1. The van der Waals surface area contributed by atoms with Crippen LogP contribution in [0.3, 0.4) is 0 Å². The number of piperazine rings is 1. The van der Waals surface area contributed by atoms with Gasteiger partial charge in [-0.2, -0.15) is 0 Å². The quantitative estimate of drug-likeness (QED) is 0.913. The van der Waals surface area contributed by atoms with Crippen LogP contribution in [0.4, 0.5) is 5.69 Å². The third kappa shape index (κ3) is 2.88. The molecule has 0 aromatic heterocycles.